The van der Waals surface area contributed by atoms with Gasteiger partial charge in [0.1, 0.15) is 5.65 Å². The molecule has 0 aliphatic heterocycles. The topological polar surface area (TPSA) is 92.7 Å². The van der Waals surface area contributed by atoms with Crippen molar-refractivity contribution in [3.05, 3.63) is 54.6 Å². The van der Waals surface area contributed by atoms with Crippen molar-refractivity contribution in [1.82, 2.24) is 25.1 Å². The van der Waals surface area contributed by atoms with Gasteiger partial charge in [0, 0.05) is 41.2 Å². The first-order valence-electron chi connectivity index (χ1n) is 10.2. The number of fused-ring (bicyclic) bond motifs is 1. The van der Waals surface area contributed by atoms with Crippen molar-refractivity contribution in [2.75, 3.05) is 6.54 Å². The van der Waals surface area contributed by atoms with E-state index in [9.17, 15) is 9.59 Å². The lowest BCUT2D eigenvalue weighted by molar-refractivity contribution is -0.121. The Balaban J connectivity index is 1.33. The lowest BCUT2D eigenvalue weighted by Crippen LogP contribution is -2.27. The van der Waals surface area contributed by atoms with E-state index >= 15 is 0 Å². The van der Waals surface area contributed by atoms with Crippen molar-refractivity contribution < 1.29 is 4.79 Å². The average molecular weight is 456 g/mol. The molecule has 0 saturated heterocycles. The van der Waals surface area contributed by atoms with E-state index in [1.165, 1.54) is 4.88 Å². The average Bonchev–Trinajstić information content (AvgIpc) is 3.41. The number of aromatic amines is 1. The highest BCUT2D eigenvalue weighted by Crippen LogP contribution is 2.29. The fraction of sp³-hybridized carbons (Fsp3) is 0.364. The molecule has 0 aliphatic rings. The molecule has 4 aromatic heterocycles. The van der Waals surface area contributed by atoms with E-state index in [1.807, 2.05) is 27.8 Å². The summed E-state index contributed by atoms with van der Waals surface area (Å²) in [5, 5.41) is 11.4. The fourth-order valence-electron chi connectivity index (χ4n) is 3.83. The molecule has 4 aromatic rings. The predicted octanol–water partition coefficient (Wildman–Crippen LogP) is 3.66. The van der Waals surface area contributed by atoms with Crippen molar-refractivity contribution in [3.8, 4) is 10.6 Å². The van der Waals surface area contributed by atoms with Crippen LogP contribution in [0.3, 0.4) is 0 Å². The van der Waals surface area contributed by atoms with Gasteiger partial charge in [0.25, 0.3) is 5.56 Å². The minimum absolute atomic E-state index is 0.0475. The number of hydrogen-bond donors (Lipinski definition) is 2. The summed E-state index contributed by atoms with van der Waals surface area (Å²) in [5.74, 6) is -0.0475. The van der Waals surface area contributed by atoms with E-state index in [-0.39, 0.29) is 17.9 Å². The molecule has 2 N–H and O–H groups in total. The molecule has 31 heavy (non-hydrogen) atoms. The van der Waals surface area contributed by atoms with Crippen molar-refractivity contribution >= 4 is 39.6 Å². The van der Waals surface area contributed by atoms with Crippen LogP contribution in [-0.4, -0.2) is 32.2 Å². The zero-order valence-electron chi connectivity index (χ0n) is 18.0. The van der Waals surface area contributed by atoms with Gasteiger partial charge in [0.15, 0.2) is 0 Å². The number of rotatable bonds is 7. The monoisotopic (exact) mass is 455 g/mol. The number of carbonyl (C=O) groups excluding carboxylic acids is 1. The number of nitrogens with one attached hydrogen (secondary N) is 2. The van der Waals surface area contributed by atoms with E-state index in [0.29, 0.717) is 18.5 Å². The van der Waals surface area contributed by atoms with Gasteiger partial charge in [-0.3, -0.25) is 14.3 Å². The number of thiophene rings is 1. The second-order valence-corrected chi connectivity index (χ2v) is 9.84. The first-order chi connectivity index (χ1) is 14.8. The lowest BCUT2D eigenvalue weighted by Gasteiger charge is -2.08. The van der Waals surface area contributed by atoms with Crippen LogP contribution in [0.15, 0.2) is 22.3 Å². The Bertz CT molecular complexity index is 1310. The number of pyridine rings is 1. The zero-order chi connectivity index (χ0) is 22.1. The van der Waals surface area contributed by atoms with Gasteiger partial charge in [0.2, 0.25) is 5.91 Å². The van der Waals surface area contributed by atoms with E-state index in [4.69, 9.17) is 0 Å². The van der Waals surface area contributed by atoms with Crippen LogP contribution >= 0.6 is 22.7 Å². The van der Waals surface area contributed by atoms with Crippen molar-refractivity contribution in [2.24, 2.45) is 7.05 Å². The molecule has 0 bridgehead atoms. The summed E-state index contributed by atoms with van der Waals surface area (Å²) in [6.07, 6.45) is 1.46. The van der Waals surface area contributed by atoms with E-state index < -0.39 is 0 Å². The molecular formula is C22H25N5O2S2. The van der Waals surface area contributed by atoms with Gasteiger partial charge in [-0.15, -0.1) is 22.7 Å². The number of nitrogens with zero attached hydrogens (tertiary/aromatic N) is 3. The van der Waals surface area contributed by atoms with Crippen LogP contribution in [0.1, 0.15) is 33.1 Å². The maximum absolute atomic E-state index is 12.5. The van der Waals surface area contributed by atoms with Crippen LogP contribution in [0, 0.1) is 20.8 Å². The van der Waals surface area contributed by atoms with Gasteiger partial charge in [-0.2, -0.15) is 5.10 Å². The summed E-state index contributed by atoms with van der Waals surface area (Å²) in [4.78, 5) is 34.7. The summed E-state index contributed by atoms with van der Waals surface area (Å²) in [6.45, 7) is 6.43. The molecule has 162 valence electrons. The summed E-state index contributed by atoms with van der Waals surface area (Å²) in [6, 6.07) is 4.18. The molecule has 1 amide bonds. The van der Waals surface area contributed by atoms with E-state index in [1.54, 1.807) is 27.4 Å². The van der Waals surface area contributed by atoms with Crippen LogP contribution in [0.4, 0.5) is 0 Å². The Morgan fingerprint density at radius 2 is 2.03 bits per heavy atom. The smallest absolute Gasteiger partial charge is 0.253 e. The highest BCUT2D eigenvalue weighted by molar-refractivity contribution is 7.16. The van der Waals surface area contributed by atoms with Crippen molar-refractivity contribution in [1.29, 1.82) is 0 Å². The molecule has 4 heterocycles. The molecule has 0 aromatic carbocycles. The SMILES string of the molecule is Cc1nc(-c2ccc(CCNC(=O)CCc3c(C)c4c(C)nn(C)c4[nH]c3=O)s2)cs1. The maximum Gasteiger partial charge on any atom is 0.253 e. The van der Waals surface area contributed by atoms with Gasteiger partial charge in [0.05, 0.1) is 21.3 Å². The zero-order valence-corrected chi connectivity index (χ0v) is 19.7. The third-order valence-corrected chi connectivity index (χ3v) is 7.33. The van der Waals surface area contributed by atoms with E-state index in [2.05, 4.69) is 37.9 Å². The second-order valence-electron chi connectivity index (χ2n) is 7.61. The van der Waals surface area contributed by atoms with Crippen LogP contribution in [-0.2, 0) is 24.7 Å². The first-order valence-corrected chi connectivity index (χ1v) is 11.9. The van der Waals surface area contributed by atoms with Crippen molar-refractivity contribution in [2.45, 2.75) is 40.0 Å². The molecule has 0 atom stereocenters. The second kappa shape index (κ2) is 8.76. The quantitative estimate of drug-likeness (QED) is 0.445. The normalized spacial score (nSPS) is 11.4. The predicted molar refractivity (Wildman–Crippen MR) is 126 cm³/mol. The van der Waals surface area contributed by atoms with Gasteiger partial charge in [-0.1, -0.05) is 0 Å². The maximum atomic E-state index is 12.5. The third-order valence-electron chi connectivity index (χ3n) is 5.38. The molecule has 0 saturated carbocycles. The first kappa shape index (κ1) is 21.5. The highest BCUT2D eigenvalue weighted by Gasteiger charge is 2.16. The molecule has 0 aliphatic carbocycles. The summed E-state index contributed by atoms with van der Waals surface area (Å²) < 4.78 is 1.68. The van der Waals surface area contributed by atoms with Crippen molar-refractivity contribution in [3.63, 3.8) is 0 Å². The molecule has 0 unspecified atom stereocenters. The Morgan fingerprint density at radius 1 is 1.23 bits per heavy atom. The Hall–Kier alpha value is -2.78. The number of thiazole rings is 1. The summed E-state index contributed by atoms with van der Waals surface area (Å²) in [7, 11) is 1.81. The Kier molecular flexibility index (Phi) is 6.06. The summed E-state index contributed by atoms with van der Waals surface area (Å²) >= 11 is 3.36. The van der Waals surface area contributed by atoms with Crippen LogP contribution in [0.25, 0.3) is 21.6 Å². The molecule has 0 radical (unpaired) electrons. The third kappa shape index (κ3) is 4.47. The molecule has 0 spiro atoms. The summed E-state index contributed by atoms with van der Waals surface area (Å²) in [5.41, 5.74) is 4.02. The van der Waals surface area contributed by atoms with Gasteiger partial charge < -0.3 is 10.3 Å². The number of aryl methyl sites for hydroxylation is 4. The number of aromatic nitrogens is 4. The molecule has 4 rings (SSSR count). The molecule has 0 fully saturated rings. The van der Waals surface area contributed by atoms with Crippen LogP contribution in [0.2, 0.25) is 0 Å². The molecule has 9 heteroatoms. The number of amides is 1. The van der Waals surface area contributed by atoms with E-state index in [0.717, 1.165) is 44.3 Å². The number of hydrogen-bond acceptors (Lipinski definition) is 6. The molecule has 7 nitrogen and oxygen atoms in total. The fourth-order valence-corrected chi connectivity index (χ4v) is 5.49. The highest BCUT2D eigenvalue weighted by atomic mass is 32.1. The largest absolute Gasteiger partial charge is 0.356 e. The van der Waals surface area contributed by atoms with Gasteiger partial charge >= 0.3 is 0 Å². The van der Waals surface area contributed by atoms with Crippen LogP contribution < -0.4 is 10.9 Å². The molecular weight excluding hydrogens is 430 g/mol. The number of carbonyl (C=O) groups is 1. The minimum atomic E-state index is -0.149. The van der Waals surface area contributed by atoms with Gasteiger partial charge in [-0.05, 0) is 51.3 Å². The Morgan fingerprint density at radius 3 is 2.77 bits per heavy atom. The van der Waals surface area contributed by atoms with Gasteiger partial charge in [-0.25, -0.2) is 4.98 Å². The van der Waals surface area contributed by atoms with Crippen LogP contribution in [0.5, 0.6) is 0 Å². The lowest BCUT2D eigenvalue weighted by atomic mass is 10.0. The standard InChI is InChI=1S/C22H25N5O2S2/c1-12-16(22(29)25-21-20(12)13(2)26-27(21)4)6-8-19(28)23-10-9-15-5-7-18(31-15)17-11-30-14(3)24-17/h5,7,11H,6,8-10H2,1-4H3,(H,23,28)(H,25,29). The Labute approximate surface area is 188 Å². The number of H-pyrrole nitrogens is 1. The minimum Gasteiger partial charge on any atom is -0.356 e.